The Labute approximate surface area is 279 Å². The van der Waals surface area contributed by atoms with E-state index < -0.39 is 12.1 Å². The topological polar surface area (TPSA) is 116 Å². The lowest BCUT2D eigenvalue weighted by Crippen LogP contribution is -2.15. The highest BCUT2D eigenvalue weighted by Gasteiger charge is 2.25. The van der Waals surface area contributed by atoms with Crippen molar-refractivity contribution in [2.24, 2.45) is 0 Å². The summed E-state index contributed by atoms with van der Waals surface area (Å²) in [6, 6.07) is 26.8. The predicted octanol–water partition coefficient (Wildman–Crippen LogP) is 8.47. The Morgan fingerprint density at radius 3 is 1.23 bits per heavy atom. The van der Waals surface area contributed by atoms with Crippen LogP contribution in [0.3, 0.4) is 0 Å². The van der Waals surface area contributed by atoms with Crippen LogP contribution in [0.2, 0.25) is 0 Å². The van der Waals surface area contributed by atoms with Crippen molar-refractivity contribution in [3.8, 4) is 11.5 Å². The van der Waals surface area contributed by atoms with Gasteiger partial charge in [-0.3, -0.25) is 0 Å². The first-order valence-electron chi connectivity index (χ1n) is 15.3. The highest BCUT2D eigenvalue weighted by Crippen LogP contribution is 2.46. The van der Waals surface area contributed by atoms with Gasteiger partial charge in [0.1, 0.15) is 11.5 Å². The minimum Gasteiger partial charge on any atom is -0.506 e. The van der Waals surface area contributed by atoms with Crippen LogP contribution >= 0.6 is 11.8 Å². The zero-order valence-electron chi connectivity index (χ0n) is 26.6. The van der Waals surface area contributed by atoms with Crippen LogP contribution in [-0.2, 0) is 0 Å². The van der Waals surface area contributed by atoms with Crippen molar-refractivity contribution in [1.29, 1.82) is 0 Å². The highest BCUT2D eigenvalue weighted by molar-refractivity contribution is 7.99. The molecule has 6 aromatic rings. The molecule has 4 aromatic carbocycles. The van der Waals surface area contributed by atoms with Gasteiger partial charge in [0.05, 0.1) is 21.9 Å². The van der Waals surface area contributed by atoms with Crippen molar-refractivity contribution in [1.82, 2.24) is 19.9 Å². The van der Waals surface area contributed by atoms with E-state index in [1.807, 2.05) is 100 Å². The van der Waals surface area contributed by atoms with Crippen molar-refractivity contribution in [2.75, 3.05) is 10.6 Å². The number of aromatic hydroxyl groups is 2. The van der Waals surface area contributed by atoms with E-state index in [1.165, 1.54) is 11.8 Å². The summed E-state index contributed by atoms with van der Waals surface area (Å²) in [5.41, 5.74) is 7.45. The quantitative estimate of drug-likeness (QED) is 0.117. The predicted molar refractivity (Wildman–Crippen MR) is 187 cm³/mol. The monoisotopic (exact) mass is 640 g/mol. The van der Waals surface area contributed by atoms with Crippen LogP contribution < -0.4 is 10.6 Å². The Hall–Kier alpha value is -5.41. The van der Waals surface area contributed by atoms with E-state index in [0.29, 0.717) is 32.8 Å². The molecule has 0 bridgehead atoms. The van der Waals surface area contributed by atoms with Crippen LogP contribution in [0.25, 0.3) is 0 Å². The molecular formula is C38H36N6O2S. The third-order valence-corrected chi connectivity index (χ3v) is 8.90. The molecule has 0 radical (unpaired) electrons. The Kier molecular flexibility index (Phi) is 9.35. The molecule has 0 saturated carbocycles. The Morgan fingerprint density at radius 2 is 0.872 bits per heavy atom. The van der Waals surface area contributed by atoms with Gasteiger partial charge in [-0.25, -0.2) is 19.9 Å². The average Bonchev–Trinajstić information content (AvgIpc) is 3.07. The number of rotatable bonds is 10. The first kappa shape index (κ1) is 31.6. The summed E-state index contributed by atoms with van der Waals surface area (Å²) in [6.45, 7) is 8.08. The van der Waals surface area contributed by atoms with E-state index in [4.69, 9.17) is 0 Å². The lowest BCUT2D eigenvalue weighted by atomic mass is 9.95. The first-order valence-corrected chi connectivity index (χ1v) is 16.1. The second-order valence-corrected chi connectivity index (χ2v) is 12.7. The molecule has 9 heteroatoms. The molecular weight excluding hydrogens is 605 g/mol. The third-order valence-electron chi connectivity index (χ3n) is 7.84. The van der Waals surface area contributed by atoms with Crippen molar-refractivity contribution in [2.45, 2.75) is 49.6 Å². The number of benzene rings is 4. The zero-order chi connectivity index (χ0) is 32.9. The number of phenolic OH excluding ortho intramolecular Hbond substituents is 2. The van der Waals surface area contributed by atoms with Gasteiger partial charge in [-0.1, -0.05) is 71.4 Å². The summed E-state index contributed by atoms with van der Waals surface area (Å²) in [6.07, 6.45) is 6.72. The number of aromatic nitrogens is 4. The average molecular weight is 641 g/mol. The summed E-state index contributed by atoms with van der Waals surface area (Å²) >= 11 is 1.32. The van der Waals surface area contributed by atoms with E-state index >= 15 is 0 Å². The maximum absolute atomic E-state index is 11.9. The molecule has 2 heterocycles. The number of anilines is 2. The molecule has 0 aliphatic carbocycles. The van der Waals surface area contributed by atoms with Gasteiger partial charge in [-0.05, 0) is 86.3 Å². The Morgan fingerprint density at radius 1 is 0.511 bits per heavy atom. The maximum atomic E-state index is 11.9. The molecule has 2 atom stereocenters. The molecule has 47 heavy (non-hydrogen) atoms. The fourth-order valence-electron chi connectivity index (χ4n) is 5.46. The second-order valence-electron chi connectivity index (χ2n) is 11.6. The normalized spacial score (nSPS) is 12.3. The lowest BCUT2D eigenvalue weighted by Gasteiger charge is -2.24. The zero-order valence-corrected chi connectivity index (χ0v) is 27.5. The standard InChI is InChI=1S/C38H36N6O2S/c1-23-7-11-27(12-8-23)33(43-37-39-15-5-16-40-37)29-19-25(3)21-31(35(29)45)47-32-22-26(4)20-30(36(32)46)34(28-13-9-24(2)10-14-28)44-38-41-17-6-18-42-38/h5-22,33-34,45-46H,1-4H3,(H,39,40,43)(H,41,42,44). The molecule has 0 saturated heterocycles. The molecule has 236 valence electrons. The van der Waals surface area contributed by atoms with Crippen LogP contribution in [0.5, 0.6) is 11.5 Å². The van der Waals surface area contributed by atoms with Gasteiger partial charge in [0.15, 0.2) is 0 Å². The van der Waals surface area contributed by atoms with E-state index in [9.17, 15) is 10.2 Å². The largest absolute Gasteiger partial charge is 0.506 e. The minimum atomic E-state index is -0.431. The van der Waals surface area contributed by atoms with Crippen LogP contribution in [-0.4, -0.2) is 30.1 Å². The molecule has 8 nitrogen and oxygen atoms in total. The van der Waals surface area contributed by atoms with Gasteiger partial charge in [0.2, 0.25) is 11.9 Å². The smallest absolute Gasteiger partial charge is 0.223 e. The molecule has 0 amide bonds. The van der Waals surface area contributed by atoms with Crippen LogP contribution in [0.4, 0.5) is 11.9 Å². The Bertz CT molecular complexity index is 1830. The van der Waals surface area contributed by atoms with Crippen LogP contribution in [0.15, 0.2) is 120 Å². The first-order chi connectivity index (χ1) is 22.7. The summed E-state index contributed by atoms with van der Waals surface area (Å²) in [4.78, 5) is 18.8. The number of nitrogens with zero attached hydrogens (tertiary/aromatic N) is 4. The Balaban J connectivity index is 1.41. The molecule has 6 rings (SSSR count). The van der Waals surface area contributed by atoms with Gasteiger partial charge in [0, 0.05) is 35.9 Å². The van der Waals surface area contributed by atoms with E-state index in [2.05, 4.69) is 30.6 Å². The van der Waals surface area contributed by atoms with Gasteiger partial charge >= 0.3 is 0 Å². The summed E-state index contributed by atoms with van der Waals surface area (Å²) < 4.78 is 0. The molecule has 2 aromatic heterocycles. The maximum Gasteiger partial charge on any atom is 0.223 e. The molecule has 0 aliphatic heterocycles. The van der Waals surface area contributed by atoms with Gasteiger partial charge < -0.3 is 20.8 Å². The van der Waals surface area contributed by atoms with Crippen LogP contribution in [0.1, 0.15) is 56.6 Å². The van der Waals surface area contributed by atoms with Gasteiger partial charge in [0.25, 0.3) is 0 Å². The van der Waals surface area contributed by atoms with E-state index in [1.54, 1.807) is 36.9 Å². The fraction of sp³-hybridized carbons (Fsp3) is 0.158. The van der Waals surface area contributed by atoms with E-state index in [-0.39, 0.29) is 11.5 Å². The molecule has 0 fully saturated rings. The van der Waals surface area contributed by atoms with Crippen molar-refractivity contribution >= 4 is 23.7 Å². The third kappa shape index (κ3) is 7.37. The highest BCUT2D eigenvalue weighted by atomic mass is 32.2. The molecule has 4 N–H and O–H groups in total. The number of phenols is 2. The van der Waals surface area contributed by atoms with Crippen LogP contribution in [0, 0.1) is 27.7 Å². The molecule has 2 unspecified atom stereocenters. The van der Waals surface area contributed by atoms with Gasteiger partial charge in [-0.15, -0.1) is 0 Å². The number of hydrogen-bond acceptors (Lipinski definition) is 9. The number of aryl methyl sites for hydroxylation is 4. The minimum absolute atomic E-state index is 0.114. The van der Waals surface area contributed by atoms with Crippen molar-refractivity contribution < 1.29 is 10.2 Å². The summed E-state index contributed by atoms with van der Waals surface area (Å²) in [7, 11) is 0. The lowest BCUT2D eigenvalue weighted by molar-refractivity contribution is 0.450. The second kappa shape index (κ2) is 13.9. The number of hydrogen-bond donors (Lipinski definition) is 4. The van der Waals surface area contributed by atoms with Gasteiger partial charge in [-0.2, -0.15) is 0 Å². The van der Waals surface area contributed by atoms with Crippen molar-refractivity contribution in [3.63, 3.8) is 0 Å². The SMILES string of the molecule is Cc1ccc(C(Nc2ncccn2)c2cc(C)cc(Sc3cc(C)cc(C(Nc4ncccn4)c4ccc(C)cc4)c3O)c2O)cc1. The number of nitrogens with one attached hydrogen (secondary N) is 2. The van der Waals surface area contributed by atoms with Crippen molar-refractivity contribution in [3.05, 3.63) is 154 Å². The fourth-order valence-corrected chi connectivity index (χ4v) is 6.62. The molecule has 0 spiro atoms. The summed E-state index contributed by atoms with van der Waals surface area (Å²) in [5.74, 6) is 1.13. The molecule has 0 aliphatic rings. The summed E-state index contributed by atoms with van der Waals surface area (Å²) in [5, 5.41) is 30.6. The van der Waals surface area contributed by atoms with E-state index in [0.717, 1.165) is 33.4 Å².